The topological polar surface area (TPSA) is 23.4 Å². The zero-order valence-electron chi connectivity index (χ0n) is 21.7. The Hall–Kier alpha value is -1.87. The van der Waals surface area contributed by atoms with E-state index >= 15 is 0 Å². The molecule has 4 rings (SSSR count). The van der Waals surface area contributed by atoms with Crippen molar-refractivity contribution in [1.29, 1.82) is 0 Å². The monoisotopic (exact) mass is 527 g/mol. The first-order chi connectivity index (χ1) is 16.0. The van der Waals surface area contributed by atoms with Gasteiger partial charge in [0.15, 0.2) is 6.79 Å². The van der Waals surface area contributed by atoms with Crippen LogP contribution in [-0.4, -0.2) is 18.5 Å². The number of methoxy groups -OCH3 is 1. The molecule has 0 atom stereocenters. The number of nitrogens with zero attached hydrogens (tertiary/aromatic N) is 1. The van der Waals surface area contributed by atoms with Crippen LogP contribution in [0.25, 0.3) is 27.5 Å². The van der Waals surface area contributed by atoms with Crippen LogP contribution in [0.15, 0.2) is 48.5 Å². The molecule has 1 aromatic heterocycles. The molecule has 3 aromatic carbocycles. The van der Waals surface area contributed by atoms with Crippen molar-refractivity contribution < 1.29 is 26.8 Å². The van der Waals surface area contributed by atoms with E-state index in [4.69, 9.17) is 19.2 Å². The van der Waals surface area contributed by atoms with Gasteiger partial charge < -0.3 is 14.0 Å². The molecule has 0 aliphatic rings. The zero-order chi connectivity index (χ0) is 25.3. The molecule has 176 valence electrons. The van der Waals surface area contributed by atoms with Crippen LogP contribution in [-0.2, 0) is 32.9 Å². The fourth-order valence-corrected chi connectivity index (χ4v) is 4.19. The van der Waals surface area contributed by atoms with Crippen molar-refractivity contribution in [2.75, 3.05) is 13.9 Å². The molecule has 0 radical (unpaired) electrons. The third-order valence-corrected chi connectivity index (χ3v) is 6.09. The molecular weight excluding hydrogens is 495 g/mol. The Balaban J connectivity index is 0.00000158. The second-order valence-corrected chi connectivity index (χ2v) is 10.7. The van der Waals surface area contributed by atoms with Crippen LogP contribution in [0, 0.1) is 13.0 Å². The van der Waals surface area contributed by atoms with Crippen LogP contribution in [0.1, 0.15) is 58.2 Å². The van der Waals surface area contributed by atoms with Crippen LogP contribution in [0.5, 0.6) is 5.75 Å². The number of ether oxygens (including phenoxy) is 2. The molecule has 0 saturated heterocycles. The van der Waals surface area contributed by atoms with E-state index < -0.39 is 0 Å². The molecule has 0 aliphatic heterocycles. The summed E-state index contributed by atoms with van der Waals surface area (Å²) in [6.45, 7) is 15.9. The third kappa shape index (κ3) is 5.35. The Morgan fingerprint density at radius 1 is 0.853 bits per heavy atom. The fourth-order valence-electron chi connectivity index (χ4n) is 4.19. The Labute approximate surface area is 218 Å². The quantitative estimate of drug-likeness (QED) is 0.151. The van der Waals surface area contributed by atoms with E-state index in [1.807, 2.05) is 6.07 Å². The van der Waals surface area contributed by atoms with Crippen molar-refractivity contribution in [3.05, 3.63) is 71.3 Å². The number of rotatable bonds is 4. The van der Waals surface area contributed by atoms with Crippen LogP contribution in [0.2, 0.25) is 0 Å². The molecule has 0 spiro atoms. The number of fused-ring (bicyclic) bond motifs is 3. The molecule has 0 N–H and O–H groups in total. The van der Waals surface area contributed by atoms with Gasteiger partial charge in [0.2, 0.25) is 0 Å². The summed E-state index contributed by atoms with van der Waals surface area (Å²) < 4.78 is 13.4. The van der Waals surface area contributed by atoms with Gasteiger partial charge in [0.05, 0.1) is 0 Å². The Morgan fingerprint density at radius 2 is 1.35 bits per heavy atom. The maximum atomic E-state index is 5.92. The van der Waals surface area contributed by atoms with Crippen molar-refractivity contribution in [3.63, 3.8) is 0 Å². The predicted molar refractivity (Wildman–Crippen MR) is 140 cm³/mol. The summed E-state index contributed by atoms with van der Waals surface area (Å²) in [4.78, 5) is 0. The van der Waals surface area contributed by atoms with Crippen molar-refractivity contribution in [1.82, 2.24) is 4.57 Å². The summed E-state index contributed by atoms with van der Waals surface area (Å²) in [6.07, 6.45) is 0. The summed E-state index contributed by atoms with van der Waals surface area (Å²) in [5.41, 5.74) is 7.27. The third-order valence-electron chi connectivity index (χ3n) is 6.09. The Kier molecular flexibility index (Phi) is 8.18. The predicted octanol–water partition coefficient (Wildman–Crippen LogP) is 8.16. The average molecular weight is 529 g/mol. The zero-order valence-corrected chi connectivity index (χ0v) is 25.4. The molecule has 34 heavy (non-hydrogen) atoms. The van der Waals surface area contributed by atoms with E-state index in [1.165, 1.54) is 32.9 Å². The van der Waals surface area contributed by atoms with E-state index in [-0.39, 0.29) is 17.6 Å². The Morgan fingerprint density at radius 3 is 1.79 bits per heavy atom. The summed E-state index contributed by atoms with van der Waals surface area (Å²) in [5.74, 6) is 0.691. The van der Waals surface area contributed by atoms with E-state index in [2.05, 4.69) is 102 Å². The van der Waals surface area contributed by atoms with Gasteiger partial charge in [0.1, 0.15) is 0 Å². The second kappa shape index (κ2) is 10.4. The van der Waals surface area contributed by atoms with Crippen molar-refractivity contribution >= 4 is 31.5 Å². The standard InChI is InChI=1S/C29H34NO2.ClH.Zn/c1-19-9-14-27(32-18-31-8)26(15-19)30-24-12-10-20(28(2,3)4)16-22(24)23-17-21(29(5,6)7)11-13-25(23)30;;/h9-13,15-17H,18H2,1-8H3;1H;/q-1;;+2/p-1. The number of benzene rings is 3. The summed E-state index contributed by atoms with van der Waals surface area (Å²) in [7, 11) is 6.40. The molecular formula is C29H34ClNO2Zn. The molecule has 0 amide bonds. The van der Waals surface area contributed by atoms with Gasteiger partial charge in [0, 0.05) is 34.7 Å². The summed E-state index contributed by atoms with van der Waals surface area (Å²) in [5, 5.41) is 2.52. The van der Waals surface area contributed by atoms with E-state index in [9.17, 15) is 0 Å². The van der Waals surface area contributed by atoms with E-state index in [1.54, 1.807) is 7.11 Å². The molecule has 0 bridgehead atoms. The van der Waals surface area contributed by atoms with Gasteiger partial charge >= 0.3 is 27.0 Å². The molecule has 0 saturated carbocycles. The van der Waals surface area contributed by atoms with Gasteiger partial charge in [-0.3, -0.25) is 0 Å². The van der Waals surface area contributed by atoms with E-state index in [0.29, 0.717) is 5.75 Å². The fraction of sp³-hybridized carbons (Fsp3) is 0.379. The minimum absolute atomic E-state index is 0.0775. The molecule has 1 heterocycles. The normalized spacial score (nSPS) is 12.1. The molecule has 0 unspecified atom stereocenters. The second-order valence-electron chi connectivity index (χ2n) is 10.7. The molecule has 4 aromatic rings. The van der Waals surface area contributed by atoms with Crippen LogP contribution < -0.4 is 4.74 Å². The summed E-state index contributed by atoms with van der Waals surface area (Å²) in [6, 6.07) is 21.1. The van der Waals surface area contributed by atoms with Crippen molar-refractivity contribution in [2.45, 2.75) is 59.3 Å². The van der Waals surface area contributed by atoms with Gasteiger partial charge in [-0.05, 0) is 51.9 Å². The van der Waals surface area contributed by atoms with Gasteiger partial charge in [-0.15, -0.1) is 12.1 Å². The number of halogens is 1. The van der Waals surface area contributed by atoms with Crippen LogP contribution in [0.3, 0.4) is 0 Å². The summed E-state index contributed by atoms with van der Waals surface area (Å²) >= 11 is 0.847. The van der Waals surface area contributed by atoms with Gasteiger partial charge in [-0.1, -0.05) is 60.6 Å². The molecule has 0 fully saturated rings. The van der Waals surface area contributed by atoms with Crippen LogP contribution >= 0.6 is 9.69 Å². The SMILES string of the molecule is COCOc1[c-]cc(C)cc1-n1c2ccc(C(C)(C)C)cc2c2cc(C(C)(C)C)ccc21.[Cl][Zn+]. The van der Waals surface area contributed by atoms with Crippen LogP contribution in [0.4, 0.5) is 0 Å². The van der Waals surface area contributed by atoms with Gasteiger partial charge in [-0.2, -0.15) is 11.6 Å². The molecule has 5 heteroatoms. The number of aryl methyl sites for hydroxylation is 1. The molecule has 0 aliphatic carbocycles. The van der Waals surface area contributed by atoms with E-state index in [0.717, 1.165) is 28.6 Å². The maximum absolute atomic E-state index is 5.92. The number of hydrogen-bond donors (Lipinski definition) is 0. The first-order valence-electron chi connectivity index (χ1n) is 11.5. The first-order valence-corrected chi connectivity index (χ1v) is 15.4. The van der Waals surface area contributed by atoms with Gasteiger partial charge in [0.25, 0.3) is 0 Å². The van der Waals surface area contributed by atoms with Crippen molar-refractivity contribution in [2.24, 2.45) is 0 Å². The van der Waals surface area contributed by atoms with Crippen molar-refractivity contribution in [3.8, 4) is 11.4 Å². The van der Waals surface area contributed by atoms with Gasteiger partial charge in [-0.25, -0.2) is 0 Å². The average Bonchev–Trinajstić information content (AvgIpc) is 3.11. The number of hydrogen-bond acceptors (Lipinski definition) is 2. The molecule has 3 nitrogen and oxygen atoms in total. The first kappa shape index (κ1) is 26.7. The number of aromatic nitrogens is 1. The minimum atomic E-state index is 0.0775. The Bertz CT molecular complexity index is 1220.